The van der Waals surface area contributed by atoms with Gasteiger partial charge in [-0.15, -0.1) is 0 Å². The summed E-state index contributed by atoms with van der Waals surface area (Å²) in [6.45, 7) is 0. The molecule has 150 valence electrons. The standard InChI is InChI=1S/C19H16F3N5O2/c20-19(21,22)16-6-5-13(17(25-16)18(23)29)14-7-10-9-27(26-15(10)8-24-14)11-1-3-12(28)4-2-11/h5-9,11H,1-4H2,(H2,23,29). The van der Waals surface area contributed by atoms with E-state index in [0.29, 0.717) is 36.6 Å². The van der Waals surface area contributed by atoms with Crippen molar-refractivity contribution in [1.29, 1.82) is 0 Å². The number of alkyl halides is 3. The molecule has 0 radical (unpaired) electrons. The van der Waals surface area contributed by atoms with Crippen molar-refractivity contribution in [2.45, 2.75) is 37.9 Å². The van der Waals surface area contributed by atoms with E-state index in [1.54, 1.807) is 10.7 Å². The predicted octanol–water partition coefficient (Wildman–Crippen LogP) is 3.30. The Bertz CT molecular complexity index is 1110. The fourth-order valence-corrected chi connectivity index (χ4v) is 3.48. The second-order valence-electron chi connectivity index (χ2n) is 6.96. The molecule has 1 aliphatic rings. The number of primary amides is 1. The number of carbonyl (C=O) groups is 2. The number of carbonyl (C=O) groups excluding carboxylic acids is 2. The van der Waals surface area contributed by atoms with Gasteiger partial charge in [-0.3, -0.25) is 19.3 Å². The van der Waals surface area contributed by atoms with Crippen LogP contribution in [0.5, 0.6) is 0 Å². The molecular weight excluding hydrogens is 387 g/mol. The molecule has 7 nitrogen and oxygen atoms in total. The van der Waals surface area contributed by atoms with Crippen LogP contribution in [-0.4, -0.2) is 31.4 Å². The molecule has 0 spiro atoms. The number of ketones is 1. The Balaban J connectivity index is 1.73. The van der Waals surface area contributed by atoms with Gasteiger partial charge in [-0.1, -0.05) is 0 Å². The Hall–Kier alpha value is -3.30. The lowest BCUT2D eigenvalue weighted by atomic mass is 9.95. The van der Waals surface area contributed by atoms with Crippen LogP contribution in [0.25, 0.3) is 22.2 Å². The number of rotatable bonds is 3. The van der Waals surface area contributed by atoms with Gasteiger partial charge in [-0.25, -0.2) is 4.98 Å². The van der Waals surface area contributed by atoms with E-state index in [1.165, 1.54) is 6.20 Å². The van der Waals surface area contributed by atoms with Gasteiger partial charge >= 0.3 is 6.18 Å². The lowest BCUT2D eigenvalue weighted by Gasteiger charge is -2.20. The molecule has 0 bridgehead atoms. The van der Waals surface area contributed by atoms with Crippen molar-refractivity contribution in [1.82, 2.24) is 19.7 Å². The van der Waals surface area contributed by atoms with Gasteiger partial charge in [-0.2, -0.15) is 18.3 Å². The third kappa shape index (κ3) is 3.69. The van der Waals surface area contributed by atoms with E-state index in [4.69, 9.17) is 5.73 Å². The summed E-state index contributed by atoms with van der Waals surface area (Å²) in [4.78, 5) is 30.7. The highest BCUT2D eigenvalue weighted by atomic mass is 19.4. The zero-order valence-electron chi connectivity index (χ0n) is 15.1. The van der Waals surface area contributed by atoms with Crippen LogP contribution in [-0.2, 0) is 11.0 Å². The largest absolute Gasteiger partial charge is 0.433 e. The number of Topliss-reactive ketones (excluding diaryl/α,β-unsaturated/α-hetero) is 1. The Labute approximate surface area is 162 Å². The van der Waals surface area contributed by atoms with E-state index in [-0.39, 0.29) is 23.1 Å². The minimum atomic E-state index is -4.69. The third-order valence-corrected chi connectivity index (χ3v) is 4.99. The molecule has 4 rings (SSSR count). The Morgan fingerprint density at radius 2 is 1.93 bits per heavy atom. The van der Waals surface area contributed by atoms with E-state index in [1.807, 2.05) is 6.20 Å². The SMILES string of the molecule is NC(=O)c1nc(C(F)(F)F)ccc1-c1cc2cn(C3CCC(=O)CC3)nc2cn1. The highest BCUT2D eigenvalue weighted by molar-refractivity contribution is 5.98. The van der Waals surface area contributed by atoms with Gasteiger partial charge in [0.25, 0.3) is 5.91 Å². The molecule has 3 aromatic rings. The summed E-state index contributed by atoms with van der Waals surface area (Å²) in [7, 11) is 0. The highest BCUT2D eigenvalue weighted by Gasteiger charge is 2.34. The van der Waals surface area contributed by atoms with E-state index in [9.17, 15) is 22.8 Å². The number of hydrogen-bond acceptors (Lipinski definition) is 5. The van der Waals surface area contributed by atoms with Crippen LogP contribution in [0.2, 0.25) is 0 Å². The lowest BCUT2D eigenvalue weighted by Crippen LogP contribution is -2.18. The monoisotopic (exact) mass is 403 g/mol. The van der Waals surface area contributed by atoms with Crippen LogP contribution in [0, 0.1) is 0 Å². The van der Waals surface area contributed by atoms with Crippen molar-refractivity contribution in [3.8, 4) is 11.3 Å². The van der Waals surface area contributed by atoms with Gasteiger partial charge in [0.05, 0.1) is 17.9 Å². The van der Waals surface area contributed by atoms with Gasteiger partial charge in [0.1, 0.15) is 22.7 Å². The minimum Gasteiger partial charge on any atom is -0.364 e. The fraction of sp³-hybridized carbons (Fsp3) is 0.316. The van der Waals surface area contributed by atoms with E-state index in [2.05, 4.69) is 15.1 Å². The number of nitrogens with zero attached hydrogens (tertiary/aromatic N) is 4. The topological polar surface area (TPSA) is 104 Å². The van der Waals surface area contributed by atoms with Crippen LogP contribution in [0.1, 0.15) is 47.9 Å². The molecule has 0 unspecified atom stereocenters. The lowest BCUT2D eigenvalue weighted by molar-refractivity contribution is -0.141. The zero-order valence-corrected chi connectivity index (χ0v) is 15.1. The molecule has 1 aliphatic carbocycles. The summed E-state index contributed by atoms with van der Waals surface area (Å²) >= 11 is 0. The molecule has 1 amide bonds. The van der Waals surface area contributed by atoms with Crippen molar-refractivity contribution >= 4 is 22.6 Å². The van der Waals surface area contributed by atoms with Crippen LogP contribution in [0.3, 0.4) is 0 Å². The Morgan fingerprint density at radius 1 is 1.21 bits per heavy atom. The molecule has 0 aliphatic heterocycles. The van der Waals surface area contributed by atoms with Crippen LogP contribution in [0.4, 0.5) is 13.2 Å². The first-order chi connectivity index (χ1) is 13.7. The number of nitrogens with two attached hydrogens (primary N) is 1. The van der Waals surface area contributed by atoms with Crippen molar-refractivity contribution in [2.75, 3.05) is 0 Å². The molecular formula is C19H16F3N5O2. The molecule has 1 fully saturated rings. The van der Waals surface area contributed by atoms with Gasteiger partial charge in [0.15, 0.2) is 0 Å². The van der Waals surface area contributed by atoms with Crippen molar-refractivity contribution in [2.24, 2.45) is 5.73 Å². The number of halogens is 3. The Kier molecular flexibility index (Phi) is 4.56. The van der Waals surface area contributed by atoms with Crippen LogP contribution >= 0.6 is 0 Å². The Morgan fingerprint density at radius 3 is 2.59 bits per heavy atom. The average molecular weight is 403 g/mol. The molecule has 0 atom stereocenters. The summed E-state index contributed by atoms with van der Waals surface area (Å²) < 4.78 is 40.5. The van der Waals surface area contributed by atoms with Crippen molar-refractivity contribution < 1.29 is 22.8 Å². The van der Waals surface area contributed by atoms with E-state index < -0.39 is 23.5 Å². The molecule has 0 saturated heterocycles. The number of pyridine rings is 2. The highest BCUT2D eigenvalue weighted by Crippen LogP contribution is 2.32. The van der Waals surface area contributed by atoms with Gasteiger partial charge in [0.2, 0.25) is 0 Å². The fourth-order valence-electron chi connectivity index (χ4n) is 3.48. The number of hydrogen-bond donors (Lipinski definition) is 1. The predicted molar refractivity (Wildman–Crippen MR) is 96.8 cm³/mol. The van der Waals surface area contributed by atoms with E-state index >= 15 is 0 Å². The molecule has 2 N–H and O–H groups in total. The first-order valence-electron chi connectivity index (χ1n) is 8.97. The first kappa shape index (κ1) is 19.0. The maximum Gasteiger partial charge on any atom is 0.433 e. The number of aromatic nitrogens is 4. The van der Waals surface area contributed by atoms with Gasteiger partial charge in [0, 0.05) is 30.0 Å². The molecule has 29 heavy (non-hydrogen) atoms. The quantitative estimate of drug-likeness (QED) is 0.723. The maximum atomic E-state index is 12.9. The molecule has 10 heteroatoms. The van der Waals surface area contributed by atoms with E-state index in [0.717, 1.165) is 12.1 Å². The third-order valence-electron chi connectivity index (χ3n) is 4.99. The smallest absolute Gasteiger partial charge is 0.364 e. The zero-order chi connectivity index (χ0) is 20.8. The second kappa shape index (κ2) is 6.94. The number of fused-ring (bicyclic) bond motifs is 1. The first-order valence-corrected chi connectivity index (χ1v) is 8.97. The normalized spacial score (nSPS) is 15.8. The average Bonchev–Trinajstić information content (AvgIpc) is 3.10. The van der Waals surface area contributed by atoms with Crippen LogP contribution in [0.15, 0.2) is 30.6 Å². The number of amides is 1. The summed E-state index contributed by atoms with van der Waals surface area (Å²) in [5.41, 5.74) is 4.54. The molecule has 3 heterocycles. The summed E-state index contributed by atoms with van der Waals surface area (Å²) in [5.74, 6) is -0.828. The summed E-state index contributed by atoms with van der Waals surface area (Å²) in [6, 6.07) is 3.67. The molecule has 3 aromatic heterocycles. The van der Waals surface area contributed by atoms with Crippen molar-refractivity contribution in [3.63, 3.8) is 0 Å². The van der Waals surface area contributed by atoms with Crippen molar-refractivity contribution in [3.05, 3.63) is 42.0 Å². The molecule has 1 saturated carbocycles. The van der Waals surface area contributed by atoms with Gasteiger partial charge < -0.3 is 5.73 Å². The molecule has 0 aromatic carbocycles. The van der Waals surface area contributed by atoms with Gasteiger partial charge in [-0.05, 0) is 31.0 Å². The summed E-state index contributed by atoms with van der Waals surface area (Å²) in [6.07, 6.45) is 1.05. The minimum absolute atomic E-state index is 0.109. The summed E-state index contributed by atoms with van der Waals surface area (Å²) in [5, 5.41) is 5.20. The second-order valence-corrected chi connectivity index (χ2v) is 6.96. The maximum absolute atomic E-state index is 12.9. The van der Waals surface area contributed by atoms with Crippen LogP contribution < -0.4 is 5.73 Å².